The van der Waals surface area contributed by atoms with Crippen molar-refractivity contribution in [1.82, 2.24) is 24.6 Å². The van der Waals surface area contributed by atoms with Gasteiger partial charge in [-0.2, -0.15) is 0 Å². The number of nitrogens with zero attached hydrogens (tertiary/aromatic N) is 5. The third-order valence-corrected chi connectivity index (χ3v) is 8.76. The van der Waals surface area contributed by atoms with E-state index in [-0.39, 0.29) is 10.8 Å². The summed E-state index contributed by atoms with van der Waals surface area (Å²) in [5.41, 5.74) is 1.50. The number of carbonyl (C=O) groups is 1. The molecule has 7 rings (SSSR count). The van der Waals surface area contributed by atoms with E-state index in [0.29, 0.717) is 6.04 Å². The molecule has 154 valence electrons. The van der Waals surface area contributed by atoms with Crippen molar-refractivity contribution < 1.29 is 4.79 Å². The molecule has 29 heavy (non-hydrogen) atoms. The van der Waals surface area contributed by atoms with Crippen molar-refractivity contribution >= 4 is 17.6 Å². The van der Waals surface area contributed by atoms with E-state index >= 15 is 0 Å². The Bertz CT molecular complexity index is 943. The van der Waals surface area contributed by atoms with Crippen molar-refractivity contribution in [2.45, 2.75) is 89.3 Å². The zero-order valence-corrected chi connectivity index (χ0v) is 18.0. The van der Waals surface area contributed by atoms with E-state index in [2.05, 4.69) is 26.6 Å². The van der Waals surface area contributed by atoms with E-state index in [9.17, 15) is 4.79 Å². The number of aromatic nitrogens is 4. The Morgan fingerprint density at radius 1 is 1.14 bits per heavy atom. The highest BCUT2D eigenvalue weighted by Gasteiger charge is 2.69. The number of likely N-dealkylation sites (tertiary alicyclic amines) is 1. The normalized spacial score (nSPS) is 33.6. The van der Waals surface area contributed by atoms with Crippen LogP contribution in [0, 0.1) is 12.3 Å². The smallest absolute Gasteiger partial charge is 0.150 e. The quantitative estimate of drug-likeness (QED) is 0.702. The number of thiazole rings is 1. The van der Waals surface area contributed by atoms with Gasteiger partial charge in [0.05, 0.1) is 18.3 Å². The lowest BCUT2D eigenvalue weighted by Gasteiger charge is -2.67. The monoisotopic (exact) mass is 411 g/mol. The molecule has 4 heterocycles. The van der Waals surface area contributed by atoms with Crippen molar-refractivity contribution in [1.29, 1.82) is 0 Å². The van der Waals surface area contributed by atoms with Crippen LogP contribution in [0.15, 0.2) is 0 Å². The maximum atomic E-state index is 11.3. The average molecular weight is 412 g/mol. The summed E-state index contributed by atoms with van der Waals surface area (Å²) in [6, 6.07) is 0.371. The van der Waals surface area contributed by atoms with E-state index in [1.54, 1.807) is 0 Å². The minimum atomic E-state index is 0.00174. The first kappa shape index (κ1) is 18.2. The number of rotatable bonds is 5. The number of aryl methyl sites for hydroxylation is 2. The summed E-state index contributed by atoms with van der Waals surface area (Å²) in [5.74, 6) is 2.37. The lowest BCUT2D eigenvalue weighted by atomic mass is 9.35. The summed E-state index contributed by atoms with van der Waals surface area (Å²) in [6.07, 6.45) is 11.5. The molecule has 5 aliphatic rings. The van der Waals surface area contributed by atoms with Gasteiger partial charge in [-0.15, -0.1) is 21.5 Å². The highest BCUT2D eigenvalue weighted by Crippen LogP contribution is 2.72. The fourth-order valence-corrected chi connectivity index (χ4v) is 7.57. The molecule has 0 radical (unpaired) electrons. The van der Waals surface area contributed by atoms with Gasteiger partial charge in [-0.05, 0) is 58.4 Å². The van der Waals surface area contributed by atoms with Gasteiger partial charge in [-0.1, -0.05) is 6.42 Å². The van der Waals surface area contributed by atoms with Gasteiger partial charge in [0, 0.05) is 28.7 Å². The summed E-state index contributed by atoms with van der Waals surface area (Å²) < 4.78 is 2.41. The Kier molecular flexibility index (Phi) is 4.04. The molecular weight excluding hydrogens is 382 g/mol. The second kappa shape index (κ2) is 6.45. The minimum absolute atomic E-state index is 0.00174. The Labute approximate surface area is 175 Å². The highest BCUT2D eigenvalue weighted by molar-refractivity contribution is 7.11. The maximum absolute atomic E-state index is 11.3. The van der Waals surface area contributed by atoms with E-state index in [1.165, 1.54) is 65.6 Å². The molecule has 1 unspecified atom stereocenters. The molecule has 7 heteroatoms. The van der Waals surface area contributed by atoms with E-state index < -0.39 is 0 Å². The maximum Gasteiger partial charge on any atom is 0.150 e. The summed E-state index contributed by atoms with van der Waals surface area (Å²) >= 11 is 1.86. The number of hydrogen-bond donors (Lipinski definition) is 0. The Morgan fingerprint density at radius 3 is 2.83 bits per heavy atom. The van der Waals surface area contributed by atoms with Crippen LogP contribution in [0.2, 0.25) is 0 Å². The van der Waals surface area contributed by atoms with Gasteiger partial charge in [0.15, 0.2) is 0 Å². The molecule has 3 aliphatic carbocycles. The third-order valence-electron chi connectivity index (χ3n) is 7.80. The Balaban J connectivity index is 1.21. The molecule has 2 aliphatic heterocycles. The summed E-state index contributed by atoms with van der Waals surface area (Å²) in [6.45, 7) is 5.31. The van der Waals surface area contributed by atoms with Crippen LogP contribution in [0.4, 0.5) is 0 Å². The standard InChI is InChI=1S/C22H29N5OS/c1-15-19(22-11-21(12-22,13-22)14-28)23-18(29-15)10-26-8-5-6-16(26)20-25-24-17-7-3-2-4-9-27(17)20/h14,16H,2-13H2,1H3. The first-order valence-electron chi connectivity index (χ1n) is 11.2. The molecule has 4 fully saturated rings. The lowest BCUT2D eigenvalue weighted by Crippen LogP contribution is -2.65. The van der Waals surface area contributed by atoms with Crippen LogP contribution >= 0.6 is 11.3 Å². The van der Waals surface area contributed by atoms with Crippen LogP contribution < -0.4 is 0 Å². The molecule has 1 saturated heterocycles. The van der Waals surface area contributed by atoms with Gasteiger partial charge < -0.3 is 9.36 Å². The van der Waals surface area contributed by atoms with Crippen LogP contribution in [0.1, 0.15) is 84.6 Å². The zero-order valence-electron chi connectivity index (χ0n) is 17.2. The van der Waals surface area contributed by atoms with Crippen LogP contribution in [0.3, 0.4) is 0 Å². The fourth-order valence-electron chi connectivity index (χ4n) is 6.49. The second-order valence-electron chi connectivity index (χ2n) is 9.87. The topological polar surface area (TPSA) is 63.9 Å². The van der Waals surface area contributed by atoms with Crippen molar-refractivity contribution in [2.75, 3.05) is 6.54 Å². The SMILES string of the molecule is Cc1sc(CN2CCCC2c2nnc3n2CCCCC3)nc1C12CC(C=O)(C1)C2. The molecule has 0 spiro atoms. The molecule has 2 aromatic heterocycles. The second-order valence-corrected chi connectivity index (χ2v) is 11.2. The molecule has 6 nitrogen and oxygen atoms in total. The number of hydrogen-bond acceptors (Lipinski definition) is 6. The Hall–Kier alpha value is -1.60. The predicted octanol–water partition coefficient (Wildman–Crippen LogP) is 3.73. The van der Waals surface area contributed by atoms with Gasteiger partial charge in [0.1, 0.15) is 22.9 Å². The number of aldehydes is 1. The van der Waals surface area contributed by atoms with Crippen LogP contribution in [0.25, 0.3) is 0 Å². The van der Waals surface area contributed by atoms with Crippen LogP contribution in [-0.4, -0.2) is 37.5 Å². The molecule has 0 amide bonds. The molecule has 0 N–H and O–H groups in total. The van der Waals surface area contributed by atoms with E-state index in [0.717, 1.165) is 45.3 Å². The van der Waals surface area contributed by atoms with Crippen molar-refractivity contribution in [3.8, 4) is 0 Å². The number of carbonyl (C=O) groups excluding carboxylic acids is 1. The first-order chi connectivity index (χ1) is 14.1. The fraction of sp³-hybridized carbons (Fsp3) is 0.727. The summed E-state index contributed by atoms with van der Waals surface area (Å²) in [4.78, 5) is 20.3. The van der Waals surface area contributed by atoms with Crippen molar-refractivity contribution in [3.63, 3.8) is 0 Å². The molecule has 2 bridgehead atoms. The lowest BCUT2D eigenvalue weighted by molar-refractivity contribution is -0.160. The Morgan fingerprint density at radius 2 is 2.00 bits per heavy atom. The third kappa shape index (κ3) is 2.69. The number of fused-ring (bicyclic) bond motifs is 1. The molecule has 3 saturated carbocycles. The average Bonchev–Trinajstić information content (AvgIpc) is 3.29. The minimum Gasteiger partial charge on any atom is -0.314 e. The first-order valence-corrected chi connectivity index (χ1v) is 12.0. The van der Waals surface area contributed by atoms with Gasteiger partial charge in [-0.3, -0.25) is 4.90 Å². The largest absolute Gasteiger partial charge is 0.314 e. The molecule has 0 aromatic carbocycles. The van der Waals surface area contributed by atoms with Crippen molar-refractivity contribution in [2.24, 2.45) is 5.41 Å². The van der Waals surface area contributed by atoms with Crippen molar-refractivity contribution in [3.05, 3.63) is 27.2 Å². The predicted molar refractivity (Wildman–Crippen MR) is 111 cm³/mol. The highest BCUT2D eigenvalue weighted by atomic mass is 32.1. The van der Waals surface area contributed by atoms with E-state index in [4.69, 9.17) is 4.98 Å². The van der Waals surface area contributed by atoms with Crippen LogP contribution in [-0.2, 0) is 29.7 Å². The van der Waals surface area contributed by atoms with E-state index in [1.807, 2.05) is 11.3 Å². The molecular formula is C22H29N5OS. The summed E-state index contributed by atoms with van der Waals surface area (Å²) in [5, 5.41) is 10.4. The van der Waals surface area contributed by atoms with Gasteiger partial charge >= 0.3 is 0 Å². The van der Waals surface area contributed by atoms with Gasteiger partial charge in [-0.25, -0.2) is 4.98 Å². The van der Waals surface area contributed by atoms with Crippen LogP contribution in [0.5, 0.6) is 0 Å². The molecule has 1 atom stereocenters. The van der Waals surface area contributed by atoms with Gasteiger partial charge in [0.25, 0.3) is 0 Å². The van der Waals surface area contributed by atoms with Gasteiger partial charge in [0.2, 0.25) is 0 Å². The molecule has 2 aromatic rings. The zero-order chi connectivity index (χ0) is 19.6. The summed E-state index contributed by atoms with van der Waals surface area (Å²) in [7, 11) is 0.